The van der Waals surface area contributed by atoms with Crippen LogP contribution in [-0.2, 0) is 12.8 Å². The molecule has 2 aromatic carbocycles. The van der Waals surface area contributed by atoms with E-state index < -0.39 is 0 Å². The summed E-state index contributed by atoms with van der Waals surface area (Å²) in [5, 5.41) is 3.83. The Balaban J connectivity index is 2.08. The number of aryl methyl sites for hydroxylation is 1. The SMILES string of the molecule is CNC(Cc1ccc(C)cc1)Cc1cc(Cl)ccc1F. The Morgan fingerprint density at radius 1 is 1.10 bits per heavy atom. The average molecular weight is 292 g/mol. The molecule has 1 unspecified atom stereocenters. The molecule has 0 aliphatic rings. The maximum absolute atomic E-state index is 13.8. The van der Waals surface area contributed by atoms with Crippen LogP contribution < -0.4 is 5.32 Å². The molecule has 1 N–H and O–H groups in total. The van der Waals surface area contributed by atoms with Crippen molar-refractivity contribution in [2.24, 2.45) is 0 Å². The number of rotatable bonds is 5. The van der Waals surface area contributed by atoms with Crippen LogP contribution in [0.3, 0.4) is 0 Å². The minimum Gasteiger partial charge on any atom is -0.316 e. The Morgan fingerprint density at radius 3 is 2.45 bits per heavy atom. The third-order valence-electron chi connectivity index (χ3n) is 3.49. The van der Waals surface area contributed by atoms with E-state index in [1.807, 2.05) is 7.05 Å². The quantitative estimate of drug-likeness (QED) is 0.872. The van der Waals surface area contributed by atoms with Crippen LogP contribution >= 0.6 is 11.6 Å². The fourth-order valence-corrected chi connectivity index (χ4v) is 2.44. The zero-order valence-electron chi connectivity index (χ0n) is 11.8. The van der Waals surface area contributed by atoms with Crippen molar-refractivity contribution in [2.45, 2.75) is 25.8 Å². The average Bonchev–Trinajstić information content (AvgIpc) is 2.44. The molecule has 0 saturated heterocycles. The van der Waals surface area contributed by atoms with E-state index in [9.17, 15) is 4.39 Å². The van der Waals surface area contributed by atoms with Crippen LogP contribution in [-0.4, -0.2) is 13.1 Å². The standard InChI is InChI=1S/C17H19ClFN/c1-12-3-5-13(6-4-12)9-16(20-2)11-14-10-15(18)7-8-17(14)19/h3-8,10,16,20H,9,11H2,1-2H3. The van der Waals surface area contributed by atoms with E-state index in [1.54, 1.807) is 12.1 Å². The van der Waals surface area contributed by atoms with Gasteiger partial charge in [0.15, 0.2) is 0 Å². The Labute approximate surface area is 124 Å². The van der Waals surface area contributed by atoms with Crippen LogP contribution in [0.15, 0.2) is 42.5 Å². The second-order valence-corrected chi connectivity index (χ2v) is 5.55. The summed E-state index contributed by atoms with van der Waals surface area (Å²) in [4.78, 5) is 0. The molecule has 0 amide bonds. The van der Waals surface area contributed by atoms with Crippen LogP contribution in [0.5, 0.6) is 0 Å². The van der Waals surface area contributed by atoms with E-state index in [-0.39, 0.29) is 11.9 Å². The highest BCUT2D eigenvalue weighted by molar-refractivity contribution is 6.30. The molecule has 0 aliphatic heterocycles. The van der Waals surface area contributed by atoms with Gasteiger partial charge in [0.05, 0.1) is 0 Å². The molecule has 0 aromatic heterocycles. The van der Waals surface area contributed by atoms with Crippen molar-refractivity contribution >= 4 is 11.6 Å². The first kappa shape index (κ1) is 15.0. The Kier molecular flexibility index (Phi) is 5.16. The maximum atomic E-state index is 13.8. The van der Waals surface area contributed by atoms with Crippen molar-refractivity contribution in [1.29, 1.82) is 0 Å². The van der Waals surface area contributed by atoms with Gasteiger partial charge in [-0.05, 0) is 56.1 Å². The van der Waals surface area contributed by atoms with Crippen LogP contribution in [0.4, 0.5) is 4.39 Å². The topological polar surface area (TPSA) is 12.0 Å². The molecule has 106 valence electrons. The maximum Gasteiger partial charge on any atom is 0.126 e. The van der Waals surface area contributed by atoms with E-state index in [4.69, 9.17) is 11.6 Å². The summed E-state index contributed by atoms with van der Waals surface area (Å²) >= 11 is 5.93. The van der Waals surface area contributed by atoms with Gasteiger partial charge in [-0.3, -0.25) is 0 Å². The summed E-state index contributed by atoms with van der Waals surface area (Å²) < 4.78 is 13.8. The number of benzene rings is 2. The van der Waals surface area contributed by atoms with Gasteiger partial charge in [0.1, 0.15) is 5.82 Å². The minimum atomic E-state index is -0.196. The number of likely N-dealkylation sites (N-methyl/N-ethyl adjacent to an activating group) is 1. The molecule has 1 nitrogen and oxygen atoms in total. The monoisotopic (exact) mass is 291 g/mol. The largest absolute Gasteiger partial charge is 0.316 e. The molecular weight excluding hydrogens is 273 g/mol. The molecule has 1 atom stereocenters. The lowest BCUT2D eigenvalue weighted by Gasteiger charge is -2.17. The number of nitrogens with one attached hydrogen (secondary N) is 1. The molecule has 0 saturated carbocycles. The molecule has 0 heterocycles. The molecule has 0 aliphatic carbocycles. The summed E-state index contributed by atoms with van der Waals surface area (Å²) in [6.45, 7) is 2.07. The van der Waals surface area contributed by atoms with Gasteiger partial charge in [-0.15, -0.1) is 0 Å². The molecule has 20 heavy (non-hydrogen) atoms. The molecular formula is C17H19ClFN. The number of hydrogen-bond donors (Lipinski definition) is 1. The molecule has 0 radical (unpaired) electrons. The van der Waals surface area contributed by atoms with E-state index in [0.717, 1.165) is 6.42 Å². The third kappa shape index (κ3) is 4.06. The van der Waals surface area contributed by atoms with Gasteiger partial charge in [0.25, 0.3) is 0 Å². The number of hydrogen-bond acceptors (Lipinski definition) is 1. The van der Waals surface area contributed by atoms with Crippen molar-refractivity contribution in [3.63, 3.8) is 0 Å². The van der Waals surface area contributed by atoms with Gasteiger partial charge in [-0.1, -0.05) is 41.4 Å². The highest BCUT2D eigenvalue weighted by atomic mass is 35.5. The second-order valence-electron chi connectivity index (χ2n) is 5.12. The van der Waals surface area contributed by atoms with Crippen LogP contribution in [0.1, 0.15) is 16.7 Å². The lowest BCUT2D eigenvalue weighted by Crippen LogP contribution is -2.30. The summed E-state index contributed by atoms with van der Waals surface area (Å²) in [6, 6.07) is 13.3. The van der Waals surface area contributed by atoms with Gasteiger partial charge >= 0.3 is 0 Å². The second kappa shape index (κ2) is 6.87. The summed E-state index contributed by atoms with van der Waals surface area (Å²) in [7, 11) is 1.90. The van der Waals surface area contributed by atoms with E-state index in [1.165, 1.54) is 17.2 Å². The van der Waals surface area contributed by atoms with Crippen LogP contribution in [0, 0.1) is 12.7 Å². The van der Waals surface area contributed by atoms with Crippen molar-refractivity contribution < 1.29 is 4.39 Å². The zero-order chi connectivity index (χ0) is 14.5. The normalized spacial score (nSPS) is 12.4. The first-order valence-corrected chi connectivity index (χ1v) is 7.13. The van der Waals surface area contributed by atoms with E-state index in [2.05, 4.69) is 36.5 Å². The lowest BCUT2D eigenvalue weighted by atomic mass is 9.98. The smallest absolute Gasteiger partial charge is 0.126 e. The molecule has 0 fully saturated rings. The van der Waals surface area contributed by atoms with Crippen molar-refractivity contribution in [3.8, 4) is 0 Å². The summed E-state index contributed by atoms with van der Waals surface area (Å²) in [5.74, 6) is -0.196. The summed E-state index contributed by atoms with van der Waals surface area (Å²) in [5.41, 5.74) is 3.15. The third-order valence-corrected chi connectivity index (χ3v) is 3.72. The first-order chi connectivity index (χ1) is 9.58. The van der Waals surface area contributed by atoms with Crippen molar-refractivity contribution in [3.05, 3.63) is 70.0 Å². The van der Waals surface area contributed by atoms with Gasteiger partial charge in [-0.25, -0.2) is 4.39 Å². The lowest BCUT2D eigenvalue weighted by molar-refractivity contribution is 0.532. The van der Waals surface area contributed by atoms with Gasteiger partial charge in [-0.2, -0.15) is 0 Å². The summed E-state index contributed by atoms with van der Waals surface area (Å²) in [6.07, 6.45) is 1.49. The molecule has 0 spiro atoms. The first-order valence-electron chi connectivity index (χ1n) is 6.75. The van der Waals surface area contributed by atoms with Crippen LogP contribution in [0.25, 0.3) is 0 Å². The predicted molar refractivity (Wildman–Crippen MR) is 82.8 cm³/mol. The minimum absolute atomic E-state index is 0.186. The zero-order valence-corrected chi connectivity index (χ0v) is 12.5. The van der Waals surface area contributed by atoms with Gasteiger partial charge < -0.3 is 5.32 Å². The number of halogens is 2. The fourth-order valence-electron chi connectivity index (χ4n) is 2.25. The van der Waals surface area contributed by atoms with Gasteiger partial charge in [0.2, 0.25) is 0 Å². The van der Waals surface area contributed by atoms with Gasteiger partial charge in [0, 0.05) is 11.1 Å². The Morgan fingerprint density at radius 2 is 1.80 bits per heavy atom. The highest BCUT2D eigenvalue weighted by Crippen LogP contribution is 2.17. The Hall–Kier alpha value is -1.38. The Bertz CT molecular complexity index is 566. The van der Waals surface area contributed by atoms with Crippen molar-refractivity contribution in [1.82, 2.24) is 5.32 Å². The highest BCUT2D eigenvalue weighted by Gasteiger charge is 2.12. The van der Waals surface area contributed by atoms with Crippen molar-refractivity contribution in [2.75, 3.05) is 7.05 Å². The molecule has 2 rings (SSSR count). The molecule has 0 bridgehead atoms. The fraction of sp³-hybridized carbons (Fsp3) is 0.294. The molecule has 3 heteroatoms. The van der Waals surface area contributed by atoms with Crippen LogP contribution in [0.2, 0.25) is 5.02 Å². The van der Waals surface area contributed by atoms with E-state index >= 15 is 0 Å². The van der Waals surface area contributed by atoms with E-state index in [0.29, 0.717) is 17.0 Å². The predicted octanol–water partition coefficient (Wildman–Crippen LogP) is 4.16. The molecule has 2 aromatic rings.